The van der Waals surface area contributed by atoms with Crippen LogP contribution in [0.5, 0.6) is 0 Å². The first kappa shape index (κ1) is 12.3. The summed E-state index contributed by atoms with van der Waals surface area (Å²) in [6.07, 6.45) is 3.77. The Balaban J connectivity index is 2.84. The monoisotopic (exact) mass is 204 g/mol. The van der Waals surface area contributed by atoms with E-state index < -0.39 is 0 Å². The molecule has 0 aliphatic rings. The molecule has 0 nitrogen and oxygen atoms in total. The summed E-state index contributed by atoms with van der Waals surface area (Å²) >= 11 is 0. The Hall–Kier alpha value is -0.780. The SMILES string of the molecule is CCC(CC)(Cc1ccccc1)C(C)C. The van der Waals surface area contributed by atoms with E-state index in [1.54, 1.807) is 0 Å². The zero-order valence-corrected chi connectivity index (χ0v) is 10.6. The lowest BCUT2D eigenvalue weighted by atomic mass is 9.69. The fourth-order valence-electron chi connectivity index (χ4n) is 2.52. The highest BCUT2D eigenvalue weighted by Crippen LogP contribution is 2.38. The van der Waals surface area contributed by atoms with Gasteiger partial charge < -0.3 is 0 Å². The average Bonchev–Trinajstić information content (AvgIpc) is 2.27. The van der Waals surface area contributed by atoms with E-state index in [0.29, 0.717) is 5.41 Å². The summed E-state index contributed by atoms with van der Waals surface area (Å²) in [5.41, 5.74) is 1.97. The molecular weight excluding hydrogens is 180 g/mol. The van der Waals surface area contributed by atoms with Gasteiger partial charge in [-0.05, 0) is 36.2 Å². The standard InChI is InChI=1S/C15H24/c1-5-15(6-2,13(3)4)12-14-10-8-7-9-11-14/h7-11,13H,5-6,12H2,1-4H3. The van der Waals surface area contributed by atoms with E-state index in [4.69, 9.17) is 0 Å². The Bertz CT molecular complexity index is 267. The molecule has 0 heterocycles. The normalized spacial score (nSPS) is 12.1. The Morgan fingerprint density at radius 2 is 1.53 bits per heavy atom. The zero-order valence-electron chi connectivity index (χ0n) is 10.6. The molecule has 0 bridgehead atoms. The summed E-state index contributed by atoms with van der Waals surface area (Å²) in [6.45, 7) is 9.37. The highest BCUT2D eigenvalue weighted by molar-refractivity contribution is 5.16. The maximum absolute atomic E-state index is 2.36. The van der Waals surface area contributed by atoms with Crippen molar-refractivity contribution in [3.8, 4) is 0 Å². The number of hydrogen-bond acceptors (Lipinski definition) is 0. The van der Waals surface area contributed by atoms with Crippen LogP contribution in [0.2, 0.25) is 0 Å². The predicted octanol–water partition coefficient (Wildman–Crippen LogP) is 4.69. The molecule has 0 amide bonds. The van der Waals surface area contributed by atoms with Gasteiger partial charge in [0.25, 0.3) is 0 Å². The molecule has 0 spiro atoms. The first-order valence-electron chi connectivity index (χ1n) is 6.18. The van der Waals surface area contributed by atoms with Gasteiger partial charge in [-0.2, -0.15) is 0 Å². The Kier molecular flexibility index (Phi) is 4.38. The quantitative estimate of drug-likeness (QED) is 0.652. The maximum atomic E-state index is 2.36. The minimum Gasteiger partial charge on any atom is -0.0648 e. The number of hydrogen-bond donors (Lipinski definition) is 0. The molecule has 1 aromatic carbocycles. The van der Waals surface area contributed by atoms with Crippen LogP contribution in [0, 0.1) is 11.3 Å². The van der Waals surface area contributed by atoms with Crippen LogP contribution in [0.3, 0.4) is 0 Å². The molecule has 0 N–H and O–H groups in total. The van der Waals surface area contributed by atoms with Crippen molar-refractivity contribution in [1.82, 2.24) is 0 Å². The van der Waals surface area contributed by atoms with Crippen molar-refractivity contribution >= 4 is 0 Å². The summed E-state index contributed by atoms with van der Waals surface area (Å²) in [5, 5.41) is 0. The second kappa shape index (κ2) is 5.34. The molecule has 0 aliphatic heterocycles. The Morgan fingerprint density at radius 1 is 1.00 bits per heavy atom. The minimum absolute atomic E-state index is 0.487. The van der Waals surface area contributed by atoms with E-state index in [1.165, 1.54) is 24.8 Å². The molecule has 0 heteroatoms. The van der Waals surface area contributed by atoms with Gasteiger partial charge >= 0.3 is 0 Å². The van der Waals surface area contributed by atoms with Gasteiger partial charge in [-0.25, -0.2) is 0 Å². The molecule has 0 unspecified atom stereocenters. The second-order valence-electron chi connectivity index (χ2n) is 4.89. The Morgan fingerprint density at radius 3 is 1.93 bits per heavy atom. The minimum atomic E-state index is 0.487. The van der Waals surface area contributed by atoms with Gasteiger partial charge in [-0.1, -0.05) is 58.0 Å². The first-order valence-corrected chi connectivity index (χ1v) is 6.18. The molecule has 0 aromatic heterocycles. The highest BCUT2D eigenvalue weighted by atomic mass is 14.3. The van der Waals surface area contributed by atoms with Gasteiger partial charge in [0.15, 0.2) is 0 Å². The van der Waals surface area contributed by atoms with Gasteiger partial charge in [0.05, 0.1) is 0 Å². The summed E-state index contributed by atoms with van der Waals surface area (Å²) in [6, 6.07) is 10.9. The van der Waals surface area contributed by atoms with Crippen molar-refractivity contribution in [3.05, 3.63) is 35.9 Å². The Labute approximate surface area is 94.7 Å². The lowest BCUT2D eigenvalue weighted by molar-refractivity contribution is 0.169. The number of benzene rings is 1. The van der Waals surface area contributed by atoms with Crippen molar-refractivity contribution < 1.29 is 0 Å². The number of rotatable bonds is 5. The van der Waals surface area contributed by atoms with E-state index in [9.17, 15) is 0 Å². The maximum Gasteiger partial charge on any atom is -0.0220 e. The van der Waals surface area contributed by atoms with Gasteiger partial charge in [0, 0.05) is 0 Å². The third-order valence-corrected chi connectivity index (χ3v) is 4.03. The molecule has 0 atom stereocenters. The zero-order chi connectivity index (χ0) is 11.3. The molecule has 0 fully saturated rings. The van der Waals surface area contributed by atoms with Crippen molar-refractivity contribution in [2.24, 2.45) is 11.3 Å². The molecule has 0 radical (unpaired) electrons. The van der Waals surface area contributed by atoms with Crippen LogP contribution in [0.15, 0.2) is 30.3 Å². The van der Waals surface area contributed by atoms with Crippen LogP contribution in [-0.4, -0.2) is 0 Å². The van der Waals surface area contributed by atoms with Crippen LogP contribution in [0.25, 0.3) is 0 Å². The van der Waals surface area contributed by atoms with Crippen LogP contribution in [-0.2, 0) is 6.42 Å². The summed E-state index contributed by atoms with van der Waals surface area (Å²) in [5.74, 6) is 0.757. The summed E-state index contributed by atoms with van der Waals surface area (Å²) in [4.78, 5) is 0. The second-order valence-corrected chi connectivity index (χ2v) is 4.89. The van der Waals surface area contributed by atoms with Crippen molar-refractivity contribution in [1.29, 1.82) is 0 Å². The van der Waals surface area contributed by atoms with E-state index >= 15 is 0 Å². The molecular formula is C15H24. The van der Waals surface area contributed by atoms with Crippen molar-refractivity contribution in [2.75, 3.05) is 0 Å². The van der Waals surface area contributed by atoms with Crippen LogP contribution in [0.1, 0.15) is 46.1 Å². The summed E-state index contributed by atoms with van der Waals surface area (Å²) in [7, 11) is 0. The van der Waals surface area contributed by atoms with Gasteiger partial charge in [0.1, 0.15) is 0 Å². The van der Waals surface area contributed by atoms with E-state index in [-0.39, 0.29) is 0 Å². The van der Waals surface area contributed by atoms with Gasteiger partial charge in [-0.3, -0.25) is 0 Å². The highest BCUT2D eigenvalue weighted by Gasteiger charge is 2.29. The smallest absolute Gasteiger partial charge is 0.0220 e. The third-order valence-electron chi connectivity index (χ3n) is 4.03. The molecule has 1 rings (SSSR count). The van der Waals surface area contributed by atoms with Crippen LogP contribution < -0.4 is 0 Å². The molecule has 0 aliphatic carbocycles. The van der Waals surface area contributed by atoms with Crippen LogP contribution in [0.4, 0.5) is 0 Å². The topological polar surface area (TPSA) is 0 Å². The van der Waals surface area contributed by atoms with Gasteiger partial charge in [-0.15, -0.1) is 0 Å². The fourth-order valence-corrected chi connectivity index (χ4v) is 2.52. The molecule has 15 heavy (non-hydrogen) atoms. The molecule has 84 valence electrons. The average molecular weight is 204 g/mol. The molecule has 1 aromatic rings. The van der Waals surface area contributed by atoms with Crippen molar-refractivity contribution in [2.45, 2.75) is 47.0 Å². The van der Waals surface area contributed by atoms with E-state index in [2.05, 4.69) is 58.0 Å². The lowest BCUT2D eigenvalue weighted by Gasteiger charge is -2.36. The molecule has 0 saturated heterocycles. The predicted molar refractivity (Wildman–Crippen MR) is 68.0 cm³/mol. The van der Waals surface area contributed by atoms with Crippen LogP contribution >= 0.6 is 0 Å². The largest absolute Gasteiger partial charge is 0.0648 e. The van der Waals surface area contributed by atoms with E-state index in [1.807, 2.05) is 0 Å². The lowest BCUT2D eigenvalue weighted by Crippen LogP contribution is -2.28. The van der Waals surface area contributed by atoms with E-state index in [0.717, 1.165) is 5.92 Å². The van der Waals surface area contributed by atoms with Gasteiger partial charge in [0.2, 0.25) is 0 Å². The van der Waals surface area contributed by atoms with Crippen molar-refractivity contribution in [3.63, 3.8) is 0 Å². The summed E-state index contributed by atoms with van der Waals surface area (Å²) < 4.78 is 0. The fraction of sp³-hybridized carbons (Fsp3) is 0.600. The first-order chi connectivity index (χ1) is 7.14. The molecule has 0 saturated carbocycles. The third kappa shape index (κ3) is 2.84.